The molecule has 5 nitrogen and oxygen atoms in total. The predicted octanol–water partition coefficient (Wildman–Crippen LogP) is 2.16. The molecular weight excluding hydrogens is 244 g/mol. The Morgan fingerprint density at radius 3 is 2.95 bits per heavy atom. The van der Waals surface area contributed by atoms with Gasteiger partial charge in [-0.05, 0) is 25.0 Å². The van der Waals surface area contributed by atoms with Crippen LogP contribution in [0.25, 0.3) is 0 Å². The zero-order valence-electron chi connectivity index (χ0n) is 10.5. The molecule has 2 aliphatic rings. The van der Waals surface area contributed by atoms with Crippen LogP contribution in [0.1, 0.15) is 37.2 Å². The van der Waals surface area contributed by atoms with Gasteiger partial charge in [-0.2, -0.15) is 0 Å². The number of nitrogens with one attached hydrogen (secondary N) is 2. The second-order valence-corrected chi connectivity index (χ2v) is 5.16. The lowest BCUT2D eigenvalue weighted by molar-refractivity contribution is -0.137. The summed E-state index contributed by atoms with van der Waals surface area (Å²) in [5.74, 6) is -0.589. The van der Waals surface area contributed by atoms with E-state index in [1.54, 1.807) is 0 Å². The minimum atomic E-state index is -0.794. The number of anilines is 2. The largest absolute Gasteiger partial charge is 0.481 e. The number of hydrogen-bond donors (Lipinski definition) is 3. The van der Waals surface area contributed by atoms with Crippen LogP contribution >= 0.6 is 0 Å². The first-order valence-electron chi connectivity index (χ1n) is 6.56. The molecule has 2 heterocycles. The highest BCUT2D eigenvalue weighted by molar-refractivity contribution is 5.93. The molecule has 0 spiro atoms. The lowest BCUT2D eigenvalue weighted by Crippen LogP contribution is -2.25. The zero-order chi connectivity index (χ0) is 13.4. The number of rotatable bonds is 2. The van der Waals surface area contributed by atoms with Crippen molar-refractivity contribution in [1.82, 2.24) is 0 Å². The fraction of sp³-hybridized carbons (Fsp3) is 0.429. The van der Waals surface area contributed by atoms with Crippen LogP contribution in [0.2, 0.25) is 0 Å². The van der Waals surface area contributed by atoms with Crippen molar-refractivity contribution in [3.63, 3.8) is 0 Å². The van der Waals surface area contributed by atoms with Gasteiger partial charge in [0, 0.05) is 35.3 Å². The third-order valence-corrected chi connectivity index (χ3v) is 3.89. The van der Waals surface area contributed by atoms with Gasteiger partial charge in [0.2, 0.25) is 5.91 Å². The monoisotopic (exact) mass is 260 g/mol. The molecule has 1 aromatic carbocycles. The maximum atomic E-state index is 11.7. The number of carbonyl (C=O) groups excluding carboxylic acids is 1. The van der Waals surface area contributed by atoms with Crippen LogP contribution in [-0.2, 0) is 9.59 Å². The van der Waals surface area contributed by atoms with E-state index in [0.29, 0.717) is 6.42 Å². The van der Waals surface area contributed by atoms with E-state index in [2.05, 4.69) is 10.6 Å². The molecule has 5 heteroatoms. The minimum absolute atomic E-state index is 0.0357. The highest BCUT2D eigenvalue weighted by Crippen LogP contribution is 2.45. The van der Waals surface area contributed by atoms with Gasteiger partial charge >= 0.3 is 5.97 Å². The van der Waals surface area contributed by atoms with Crippen molar-refractivity contribution in [1.29, 1.82) is 0 Å². The molecule has 1 aromatic rings. The first-order chi connectivity index (χ1) is 9.15. The van der Waals surface area contributed by atoms with Crippen LogP contribution in [0.5, 0.6) is 0 Å². The van der Waals surface area contributed by atoms with Gasteiger partial charge in [-0.15, -0.1) is 0 Å². The maximum absolute atomic E-state index is 11.7. The van der Waals surface area contributed by atoms with Gasteiger partial charge in [0.1, 0.15) is 0 Å². The third kappa shape index (κ3) is 2.16. The molecule has 3 N–H and O–H groups in total. The van der Waals surface area contributed by atoms with Crippen molar-refractivity contribution in [2.45, 2.75) is 37.6 Å². The van der Waals surface area contributed by atoms with Crippen LogP contribution in [-0.4, -0.2) is 23.0 Å². The van der Waals surface area contributed by atoms with Gasteiger partial charge in [0.15, 0.2) is 0 Å². The second kappa shape index (κ2) is 4.57. The Balaban J connectivity index is 2.00. The van der Waals surface area contributed by atoms with E-state index < -0.39 is 5.97 Å². The summed E-state index contributed by atoms with van der Waals surface area (Å²) in [6.45, 7) is 0. The number of carboxylic acid groups (broad SMARTS) is 1. The average molecular weight is 260 g/mol. The van der Waals surface area contributed by atoms with Crippen molar-refractivity contribution in [3.8, 4) is 0 Å². The number of carboxylic acids is 1. The lowest BCUT2D eigenvalue weighted by atomic mass is 9.86. The van der Waals surface area contributed by atoms with Crippen molar-refractivity contribution >= 4 is 23.3 Å². The first-order valence-corrected chi connectivity index (χ1v) is 6.56. The Hall–Kier alpha value is -2.04. The predicted molar refractivity (Wildman–Crippen MR) is 71.3 cm³/mol. The quantitative estimate of drug-likeness (QED) is 0.761. The summed E-state index contributed by atoms with van der Waals surface area (Å²) in [6.07, 6.45) is 2.25. The third-order valence-electron chi connectivity index (χ3n) is 3.89. The topological polar surface area (TPSA) is 78.4 Å². The Morgan fingerprint density at radius 1 is 1.37 bits per heavy atom. The van der Waals surface area contributed by atoms with Crippen LogP contribution in [0, 0.1) is 0 Å². The minimum Gasteiger partial charge on any atom is -0.481 e. The van der Waals surface area contributed by atoms with E-state index in [1.807, 2.05) is 18.2 Å². The Bertz CT molecular complexity index is 541. The summed E-state index contributed by atoms with van der Waals surface area (Å²) >= 11 is 0. The van der Waals surface area contributed by atoms with E-state index >= 15 is 0 Å². The van der Waals surface area contributed by atoms with Crippen molar-refractivity contribution in [3.05, 3.63) is 23.8 Å². The molecule has 1 amide bonds. The van der Waals surface area contributed by atoms with E-state index in [1.165, 1.54) is 0 Å². The fourth-order valence-corrected chi connectivity index (χ4v) is 3.12. The first kappa shape index (κ1) is 12.0. The zero-order valence-corrected chi connectivity index (χ0v) is 10.5. The number of hydrogen-bond acceptors (Lipinski definition) is 3. The summed E-state index contributed by atoms with van der Waals surface area (Å²) < 4.78 is 0. The molecule has 3 rings (SSSR count). The van der Waals surface area contributed by atoms with E-state index in [0.717, 1.165) is 29.8 Å². The molecular formula is C14H16N2O3. The Kier molecular flexibility index (Phi) is 2.89. The molecule has 0 radical (unpaired) electrons. The maximum Gasteiger partial charge on any atom is 0.305 e. The van der Waals surface area contributed by atoms with Crippen LogP contribution in [0.4, 0.5) is 11.4 Å². The van der Waals surface area contributed by atoms with Crippen molar-refractivity contribution in [2.75, 3.05) is 10.6 Å². The van der Waals surface area contributed by atoms with Gasteiger partial charge in [-0.1, -0.05) is 6.07 Å². The molecule has 2 aliphatic heterocycles. The number of amides is 1. The average Bonchev–Trinajstić information content (AvgIpc) is 2.65. The molecule has 2 atom stereocenters. The van der Waals surface area contributed by atoms with Gasteiger partial charge < -0.3 is 15.7 Å². The molecule has 19 heavy (non-hydrogen) atoms. The highest BCUT2D eigenvalue weighted by Gasteiger charge is 2.36. The smallest absolute Gasteiger partial charge is 0.305 e. The molecule has 0 aromatic heterocycles. The summed E-state index contributed by atoms with van der Waals surface area (Å²) in [5, 5.41) is 15.2. The van der Waals surface area contributed by atoms with E-state index in [9.17, 15) is 9.59 Å². The summed E-state index contributed by atoms with van der Waals surface area (Å²) in [4.78, 5) is 22.6. The molecule has 0 fully saturated rings. The second-order valence-electron chi connectivity index (χ2n) is 5.16. The van der Waals surface area contributed by atoms with Gasteiger partial charge in [-0.3, -0.25) is 9.59 Å². The molecule has 0 saturated carbocycles. The van der Waals surface area contributed by atoms with Gasteiger partial charge in [-0.25, -0.2) is 0 Å². The molecule has 100 valence electrons. The summed E-state index contributed by atoms with van der Waals surface area (Å²) in [7, 11) is 0. The summed E-state index contributed by atoms with van der Waals surface area (Å²) in [5.41, 5.74) is 2.85. The van der Waals surface area contributed by atoms with Crippen LogP contribution < -0.4 is 10.6 Å². The highest BCUT2D eigenvalue weighted by atomic mass is 16.4. The van der Waals surface area contributed by atoms with E-state index in [4.69, 9.17) is 5.11 Å². The SMILES string of the molecule is O=C(O)CC1Nc2cccc3c2C1CCCC(=O)N3. The summed E-state index contributed by atoms with van der Waals surface area (Å²) in [6, 6.07) is 5.63. The molecule has 2 unspecified atom stereocenters. The lowest BCUT2D eigenvalue weighted by Gasteiger charge is -2.22. The van der Waals surface area contributed by atoms with Crippen LogP contribution in [0.3, 0.4) is 0 Å². The molecule has 0 bridgehead atoms. The normalized spacial score (nSPS) is 24.7. The van der Waals surface area contributed by atoms with Crippen molar-refractivity contribution in [2.24, 2.45) is 0 Å². The van der Waals surface area contributed by atoms with Crippen molar-refractivity contribution < 1.29 is 14.7 Å². The number of benzene rings is 1. The fourth-order valence-electron chi connectivity index (χ4n) is 3.12. The van der Waals surface area contributed by atoms with Gasteiger partial charge in [0.25, 0.3) is 0 Å². The number of aliphatic carboxylic acids is 1. The molecule has 0 saturated heterocycles. The Labute approximate surface area is 111 Å². The van der Waals surface area contributed by atoms with Gasteiger partial charge in [0.05, 0.1) is 6.42 Å². The molecule has 0 aliphatic carbocycles. The van der Waals surface area contributed by atoms with Crippen LogP contribution in [0.15, 0.2) is 18.2 Å². The van der Waals surface area contributed by atoms with E-state index in [-0.39, 0.29) is 24.3 Å². The number of carbonyl (C=O) groups is 2. The Morgan fingerprint density at radius 2 is 2.16 bits per heavy atom. The standard InChI is InChI=1S/C14H16N2O3/c17-12-6-1-3-8-11(7-13(18)19)15-9-4-2-5-10(16-12)14(8)9/h2,4-5,8,11,15H,1,3,6-7H2,(H,16,17)(H,18,19).